The molecule has 4 nitrogen and oxygen atoms in total. The SMILES string of the molecule is COc1cccc(C(C(C)N)N2CCC(CO)C2)c1. The molecule has 3 unspecified atom stereocenters. The Kier molecular flexibility index (Phi) is 4.80. The third kappa shape index (κ3) is 3.26. The van der Waals surface area contributed by atoms with Gasteiger partial charge in [-0.2, -0.15) is 0 Å². The molecule has 3 N–H and O–H groups in total. The average molecular weight is 264 g/mol. The molecule has 1 aromatic rings. The zero-order chi connectivity index (χ0) is 13.8. The van der Waals surface area contributed by atoms with Crippen LogP contribution >= 0.6 is 0 Å². The predicted molar refractivity (Wildman–Crippen MR) is 76.2 cm³/mol. The number of rotatable bonds is 5. The number of hydrogen-bond donors (Lipinski definition) is 2. The van der Waals surface area contributed by atoms with Crippen molar-refractivity contribution in [2.75, 3.05) is 26.8 Å². The lowest BCUT2D eigenvalue weighted by atomic mass is 9.99. The second kappa shape index (κ2) is 6.37. The van der Waals surface area contributed by atoms with Crippen LogP contribution in [-0.2, 0) is 0 Å². The van der Waals surface area contributed by atoms with E-state index in [9.17, 15) is 5.11 Å². The van der Waals surface area contributed by atoms with Crippen molar-refractivity contribution in [3.05, 3.63) is 29.8 Å². The van der Waals surface area contributed by atoms with Crippen LogP contribution in [0.3, 0.4) is 0 Å². The lowest BCUT2D eigenvalue weighted by Crippen LogP contribution is -2.38. The number of nitrogens with two attached hydrogens (primary N) is 1. The molecule has 4 heteroatoms. The first-order chi connectivity index (χ1) is 9.15. The molecule has 19 heavy (non-hydrogen) atoms. The zero-order valence-corrected chi connectivity index (χ0v) is 11.7. The van der Waals surface area contributed by atoms with Crippen LogP contribution in [0.2, 0.25) is 0 Å². The van der Waals surface area contributed by atoms with Gasteiger partial charge in [-0.1, -0.05) is 12.1 Å². The van der Waals surface area contributed by atoms with E-state index < -0.39 is 0 Å². The topological polar surface area (TPSA) is 58.7 Å². The molecule has 0 aliphatic carbocycles. The van der Waals surface area contributed by atoms with Gasteiger partial charge in [0.2, 0.25) is 0 Å². The van der Waals surface area contributed by atoms with Gasteiger partial charge >= 0.3 is 0 Å². The first-order valence-electron chi connectivity index (χ1n) is 6.90. The van der Waals surface area contributed by atoms with Gasteiger partial charge < -0.3 is 15.6 Å². The van der Waals surface area contributed by atoms with Gasteiger partial charge in [-0.25, -0.2) is 0 Å². The lowest BCUT2D eigenvalue weighted by Gasteiger charge is -2.31. The molecule has 1 aliphatic rings. The molecule has 1 saturated heterocycles. The van der Waals surface area contributed by atoms with Gasteiger partial charge in [-0.05, 0) is 43.5 Å². The Morgan fingerprint density at radius 3 is 2.89 bits per heavy atom. The third-order valence-corrected chi connectivity index (χ3v) is 3.90. The molecule has 3 atom stereocenters. The minimum absolute atomic E-state index is 0.0459. The fraction of sp³-hybridized carbons (Fsp3) is 0.600. The Labute approximate surface area is 115 Å². The van der Waals surface area contributed by atoms with Crippen LogP contribution in [0.1, 0.15) is 24.9 Å². The summed E-state index contributed by atoms with van der Waals surface area (Å²) < 4.78 is 5.29. The summed E-state index contributed by atoms with van der Waals surface area (Å²) in [4.78, 5) is 2.38. The summed E-state index contributed by atoms with van der Waals surface area (Å²) in [6.45, 7) is 4.21. The van der Waals surface area contributed by atoms with Gasteiger partial charge in [0, 0.05) is 25.2 Å². The van der Waals surface area contributed by atoms with E-state index in [1.165, 1.54) is 5.56 Å². The van der Waals surface area contributed by atoms with Crippen molar-refractivity contribution >= 4 is 0 Å². The molecule has 0 radical (unpaired) electrons. The first kappa shape index (κ1) is 14.3. The molecule has 1 aromatic carbocycles. The monoisotopic (exact) mass is 264 g/mol. The normalized spacial score (nSPS) is 23.3. The van der Waals surface area contributed by atoms with E-state index in [0.29, 0.717) is 5.92 Å². The van der Waals surface area contributed by atoms with Crippen molar-refractivity contribution in [2.24, 2.45) is 11.7 Å². The Bertz CT molecular complexity index is 409. The summed E-state index contributed by atoms with van der Waals surface area (Å²) in [6, 6.07) is 8.34. The summed E-state index contributed by atoms with van der Waals surface area (Å²) in [7, 11) is 1.68. The smallest absolute Gasteiger partial charge is 0.119 e. The second-order valence-electron chi connectivity index (χ2n) is 5.41. The van der Waals surface area contributed by atoms with Crippen molar-refractivity contribution in [1.82, 2.24) is 4.90 Å². The van der Waals surface area contributed by atoms with Gasteiger partial charge in [0.15, 0.2) is 0 Å². The number of ether oxygens (including phenoxy) is 1. The van der Waals surface area contributed by atoms with E-state index in [0.717, 1.165) is 25.3 Å². The number of methoxy groups -OCH3 is 1. The summed E-state index contributed by atoms with van der Waals surface area (Å²) in [6.07, 6.45) is 1.05. The van der Waals surface area contributed by atoms with E-state index >= 15 is 0 Å². The number of aliphatic hydroxyl groups excluding tert-OH is 1. The van der Waals surface area contributed by atoms with E-state index in [2.05, 4.69) is 17.0 Å². The highest BCUT2D eigenvalue weighted by atomic mass is 16.5. The fourth-order valence-electron chi connectivity index (χ4n) is 2.94. The molecule has 1 fully saturated rings. The van der Waals surface area contributed by atoms with Crippen molar-refractivity contribution in [3.8, 4) is 5.75 Å². The summed E-state index contributed by atoms with van der Waals surface area (Å²) in [5, 5.41) is 9.28. The Morgan fingerprint density at radius 2 is 2.32 bits per heavy atom. The lowest BCUT2D eigenvalue weighted by molar-refractivity contribution is 0.185. The van der Waals surface area contributed by atoms with Crippen LogP contribution in [0.25, 0.3) is 0 Å². The molecule has 0 spiro atoms. The first-order valence-corrected chi connectivity index (χ1v) is 6.90. The maximum absolute atomic E-state index is 9.28. The number of nitrogens with zero attached hydrogens (tertiary/aromatic N) is 1. The molecule has 2 rings (SSSR count). The predicted octanol–water partition coefficient (Wildman–Crippen LogP) is 1.40. The molecule has 0 amide bonds. The van der Waals surface area contributed by atoms with Crippen LogP contribution in [0, 0.1) is 5.92 Å². The zero-order valence-electron chi connectivity index (χ0n) is 11.7. The maximum Gasteiger partial charge on any atom is 0.119 e. The van der Waals surface area contributed by atoms with E-state index in [4.69, 9.17) is 10.5 Å². The minimum Gasteiger partial charge on any atom is -0.497 e. The number of likely N-dealkylation sites (tertiary alicyclic amines) is 1. The molecule has 0 saturated carbocycles. The highest BCUT2D eigenvalue weighted by Crippen LogP contribution is 2.31. The maximum atomic E-state index is 9.28. The summed E-state index contributed by atoms with van der Waals surface area (Å²) in [5.74, 6) is 1.24. The summed E-state index contributed by atoms with van der Waals surface area (Å²) >= 11 is 0. The van der Waals surface area contributed by atoms with E-state index in [1.54, 1.807) is 7.11 Å². The quantitative estimate of drug-likeness (QED) is 0.844. The molecule has 106 valence electrons. The van der Waals surface area contributed by atoms with Crippen LogP contribution in [0.15, 0.2) is 24.3 Å². The summed E-state index contributed by atoms with van der Waals surface area (Å²) in [5.41, 5.74) is 7.37. The molecule has 0 aromatic heterocycles. The Morgan fingerprint density at radius 1 is 1.53 bits per heavy atom. The van der Waals surface area contributed by atoms with Gasteiger partial charge in [-0.3, -0.25) is 4.90 Å². The van der Waals surface area contributed by atoms with Gasteiger partial charge in [0.05, 0.1) is 7.11 Å². The molecular formula is C15H24N2O2. The highest BCUT2D eigenvalue weighted by molar-refractivity contribution is 5.31. The van der Waals surface area contributed by atoms with Crippen LogP contribution in [0.5, 0.6) is 5.75 Å². The third-order valence-electron chi connectivity index (χ3n) is 3.90. The van der Waals surface area contributed by atoms with Crippen molar-refractivity contribution < 1.29 is 9.84 Å². The van der Waals surface area contributed by atoms with Crippen molar-refractivity contribution in [3.63, 3.8) is 0 Å². The number of aliphatic hydroxyl groups is 1. The number of benzene rings is 1. The van der Waals surface area contributed by atoms with Crippen molar-refractivity contribution in [1.29, 1.82) is 0 Å². The Hall–Kier alpha value is -1.10. The minimum atomic E-state index is 0.0459. The molecule has 1 aliphatic heterocycles. The van der Waals surface area contributed by atoms with Gasteiger partial charge in [0.1, 0.15) is 5.75 Å². The van der Waals surface area contributed by atoms with E-state index in [1.807, 2.05) is 19.1 Å². The van der Waals surface area contributed by atoms with Gasteiger partial charge in [-0.15, -0.1) is 0 Å². The Balaban J connectivity index is 2.20. The largest absolute Gasteiger partial charge is 0.497 e. The van der Waals surface area contributed by atoms with Crippen LogP contribution in [0.4, 0.5) is 0 Å². The molecule has 1 heterocycles. The second-order valence-corrected chi connectivity index (χ2v) is 5.41. The molecular weight excluding hydrogens is 240 g/mol. The van der Waals surface area contributed by atoms with Crippen LogP contribution < -0.4 is 10.5 Å². The van der Waals surface area contributed by atoms with Gasteiger partial charge in [0.25, 0.3) is 0 Å². The van der Waals surface area contributed by atoms with Crippen molar-refractivity contribution in [2.45, 2.75) is 25.4 Å². The van der Waals surface area contributed by atoms with E-state index in [-0.39, 0.29) is 18.7 Å². The molecule has 0 bridgehead atoms. The standard InChI is InChI=1S/C15H24N2O2/c1-11(16)15(17-7-6-12(9-17)10-18)13-4-3-5-14(8-13)19-2/h3-5,8,11-12,15,18H,6-7,9-10,16H2,1-2H3. The average Bonchev–Trinajstić information content (AvgIpc) is 2.87. The number of hydrogen-bond acceptors (Lipinski definition) is 4. The van der Waals surface area contributed by atoms with Crippen LogP contribution in [-0.4, -0.2) is 42.9 Å². The fourth-order valence-corrected chi connectivity index (χ4v) is 2.94. The highest BCUT2D eigenvalue weighted by Gasteiger charge is 2.30.